The van der Waals surface area contributed by atoms with E-state index in [-0.39, 0.29) is 12.5 Å². The highest BCUT2D eigenvalue weighted by atomic mass is 31.2. The Hall–Kier alpha value is -1.28. The first kappa shape index (κ1) is 69.7. The summed E-state index contributed by atoms with van der Waals surface area (Å²) in [6.07, 6.45) is 69.7. The summed E-state index contributed by atoms with van der Waals surface area (Å²) in [5.74, 6) is -0.207. The molecule has 0 rings (SSSR count). The van der Waals surface area contributed by atoms with Gasteiger partial charge in [0.2, 0.25) is 5.91 Å². The number of carbonyl (C=O) groups is 1. The van der Waals surface area contributed by atoms with Gasteiger partial charge in [-0.25, -0.2) is 0 Å². The zero-order chi connectivity index (χ0) is 52.0. The van der Waals surface area contributed by atoms with Gasteiger partial charge in [0, 0.05) is 6.42 Å². The number of nitrogens with zero attached hydrogens (tertiary/aromatic N) is 1. The molecule has 0 aromatic carbocycles. The lowest BCUT2D eigenvalue weighted by Crippen LogP contribution is -2.45. The first-order valence-electron chi connectivity index (χ1n) is 30.9. The maximum atomic E-state index is 12.9. The van der Waals surface area contributed by atoms with Gasteiger partial charge in [0.25, 0.3) is 7.82 Å². The third-order valence-corrected chi connectivity index (χ3v) is 15.0. The predicted molar refractivity (Wildman–Crippen MR) is 307 cm³/mol. The van der Waals surface area contributed by atoms with E-state index in [0.29, 0.717) is 17.4 Å². The van der Waals surface area contributed by atoms with Crippen LogP contribution in [0, 0.1) is 0 Å². The second-order valence-electron chi connectivity index (χ2n) is 22.4. The molecule has 420 valence electrons. The molecule has 0 aromatic rings. The van der Waals surface area contributed by atoms with E-state index in [1.807, 2.05) is 27.2 Å². The number of carbonyl (C=O) groups excluding carboxylic acids is 1. The highest BCUT2D eigenvalue weighted by Crippen LogP contribution is 2.38. The molecule has 0 spiro atoms. The van der Waals surface area contributed by atoms with Crippen molar-refractivity contribution in [1.82, 2.24) is 5.32 Å². The van der Waals surface area contributed by atoms with Crippen LogP contribution in [-0.2, 0) is 18.4 Å². The molecule has 1 amide bonds. The maximum absolute atomic E-state index is 12.9. The van der Waals surface area contributed by atoms with Crippen molar-refractivity contribution in [2.75, 3.05) is 40.9 Å². The largest absolute Gasteiger partial charge is 0.756 e. The second-order valence-corrected chi connectivity index (χ2v) is 23.8. The van der Waals surface area contributed by atoms with Crippen molar-refractivity contribution in [3.8, 4) is 0 Å². The van der Waals surface area contributed by atoms with E-state index in [0.717, 1.165) is 44.9 Å². The number of phosphoric ester groups is 1. The summed E-state index contributed by atoms with van der Waals surface area (Å²) in [7, 11) is 1.25. The van der Waals surface area contributed by atoms with Gasteiger partial charge in [0.1, 0.15) is 13.2 Å². The lowest BCUT2D eigenvalue weighted by molar-refractivity contribution is -0.870. The molecule has 0 saturated heterocycles. The molecule has 0 heterocycles. The molecule has 0 aliphatic carbocycles. The Labute approximate surface area is 442 Å². The average molecular weight is 1020 g/mol. The molecule has 0 aromatic heterocycles. The monoisotopic (exact) mass is 1020 g/mol. The fraction of sp³-hybridized carbons (Fsp3) is 0.887. The number of aliphatic hydroxyl groups is 1. The normalized spacial score (nSPS) is 14.1. The molecule has 0 saturated carbocycles. The van der Waals surface area contributed by atoms with Crippen LogP contribution in [0.2, 0.25) is 0 Å². The first-order valence-corrected chi connectivity index (χ1v) is 32.3. The van der Waals surface area contributed by atoms with Crippen molar-refractivity contribution in [3.05, 3.63) is 36.5 Å². The average Bonchev–Trinajstić information content (AvgIpc) is 3.33. The topological polar surface area (TPSA) is 108 Å². The van der Waals surface area contributed by atoms with Crippen molar-refractivity contribution >= 4 is 13.7 Å². The minimum absolute atomic E-state index is 0.00737. The van der Waals surface area contributed by atoms with Gasteiger partial charge < -0.3 is 28.8 Å². The predicted octanol–water partition coefficient (Wildman–Crippen LogP) is 18.3. The van der Waals surface area contributed by atoms with Crippen molar-refractivity contribution in [2.24, 2.45) is 0 Å². The van der Waals surface area contributed by atoms with Gasteiger partial charge in [0.05, 0.1) is 39.9 Å². The number of quaternary nitrogens is 1. The molecule has 0 aliphatic rings. The van der Waals surface area contributed by atoms with Crippen LogP contribution in [0.5, 0.6) is 0 Å². The quantitative estimate of drug-likeness (QED) is 0.0272. The molecule has 71 heavy (non-hydrogen) atoms. The number of allylic oxidation sites excluding steroid dienone is 5. The van der Waals surface area contributed by atoms with Crippen LogP contribution in [0.4, 0.5) is 0 Å². The van der Waals surface area contributed by atoms with E-state index in [1.165, 1.54) is 238 Å². The maximum Gasteiger partial charge on any atom is 0.268 e. The van der Waals surface area contributed by atoms with Crippen molar-refractivity contribution < 1.29 is 32.9 Å². The van der Waals surface area contributed by atoms with Crippen LogP contribution in [0.1, 0.15) is 303 Å². The smallest absolute Gasteiger partial charge is 0.268 e. The van der Waals surface area contributed by atoms with Gasteiger partial charge >= 0.3 is 0 Å². The van der Waals surface area contributed by atoms with E-state index in [4.69, 9.17) is 9.05 Å². The molecule has 2 N–H and O–H groups in total. The Bertz CT molecular complexity index is 1250. The number of likely N-dealkylation sites (N-methyl/N-ethyl adjacent to an activating group) is 1. The van der Waals surface area contributed by atoms with E-state index in [9.17, 15) is 19.4 Å². The Morgan fingerprint density at radius 1 is 0.479 bits per heavy atom. The fourth-order valence-electron chi connectivity index (χ4n) is 9.25. The van der Waals surface area contributed by atoms with Crippen molar-refractivity contribution in [3.63, 3.8) is 0 Å². The Balaban J connectivity index is 4.15. The molecule has 0 aliphatic heterocycles. The molecular weight excluding hydrogens is 900 g/mol. The summed E-state index contributed by atoms with van der Waals surface area (Å²) in [6, 6.07) is -0.908. The summed E-state index contributed by atoms with van der Waals surface area (Å²) < 4.78 is 23.3. The van der Waals surface area contributed by atoms with Gasteiger partial charge in [-0.3, -0.25) is 9.36 Å². The van der Waals surface area contributed by atoms with Gasteiger partial charge in [-0.1, -0.05) is 288 Å². The number of phosphoric acid groups is 1. The molecule has 3 atom stereocenters. The van der Waals surface area contributed by atoms with Crippen LogP contribution in [-0.4, -0.2) is 68.5 Å². The standard InChI is InChI=1S/C62H121N2O6P/c1-6-8-10-12-14-16-18-20-22-24-25-26-27-28-29-30-31-32-33-34-35-36-37-38-40-41-43-45-47-49-51-53-55-61(65)60(59-70-71(67,68)69-58-57-64(3,4)5)63-62(66)56-54-52-50-48-46-44-42-39-23-21-19-17-15-13-11-9-7-2/h38,40,45,47,53,55,60-61,65H,6-37,39,41-44,46,48-52,54,56-59H2,1-5H3,(H-,63,66,67,68)/b40-38+,47-45+,55-53+. The summed E-state index contributed by atoms with van der Waals surface area (Å²) >= 11 is 0. The summed E-state index contributed by atoms with van der Waals surface area (Å²) in [4.78, 5) is 25.5. The number of unbranched alkanes of at least 4 members (excludes halogenated alkanes) is 40. The van der Waals surface area contributed by atoms with E-state index in [1.54, 1.807) is 6.08 Å². The molecule has 9 heteroatoms. The SMILES string of the molecule is CCCCCCCCCCCCCCCCCCCCCCCC/C=C/CC/C=C/CC/C=C/C(O)C(COP(=O)([O-])OCC[N+](C)(C)C)NC(=O)CCCCCCCCCCCCCCCCCCC. The summed E-state index contributed by atoms with van der Waals surface area (Å²) in [5, 5.41) is 13.9. The highest BCUT2D eigenvalue weighted by Gasteiger charge is 2.23. The van der Waals surface area contributed by atoms with E-state index in [2.05, 4.69) is 43.5 Å². The van der Waals surface area contributed by atoms with E-state index < -0.39 is 26.6 Å². The lowest BCUT2D eigenvalue weighted by Gasteiger charge is -2.29. The zero-order valence-electron chi connectivity index (χ0n) is 47.9. The number of hydrogen-bond donors (Lipinski definition) is 2. The summed E-state index contributed by atoms with van der Waals surface area (Å²) in [5.41, 5.74) is 0. The molecule has 0 bridgehead atoms. The van der Waals surface area contributed by atoms with Crippen molar-refractivity contribution in [1.29, 1.82) is 0 Å². The van der Waals surface area contributed by atoms with Crippen LogP contribution in [0.3, 0.4) is 0 Å². The minimum Gasteiger partial charge on any atom is -0.756 e. The van der Waals surface area contributed by atoms with Crippen molar-refractivity contribution in [2.45, 2.75) is 315 Å². The number of rotatable bonds is 57. The number of amides is 1. The number of aliphatic hydroxyl groups excluding tert-OH is 1. The third kappa shape index (κ3) is 56.3. The fourth-order valence-corrected chi connectivity index (χ4v) is 9.97. The van der Waals surface area contributed by atoms with Crippen LogP contribution >= 0.6 is 7.82 Å². The molecule has 0 radical (unpaired) electrons. The Morgan fingerprint density at radius 2 is 0.789 bits per heavy atom. The minimum atomic E-state index is -4.61. The van der Waals surface area contributed by atoms with Crippen LogP contribution < -0.4 is 10.2 Å². The Morgan fingerprint density at radius 3 is 1.14 bits per heavy atom. The first-order chi connectivity index (χ1) is 34.5. The number of hydrogen-bond acceptors (Lipinski definition) is 6. The lowest BCUT2D eigenvalue weighted by atomic mass is 10.0. The highest BCUT2D eigenvalue weighted by molar-refractivity contribution is 7.45. The van der Waals surface area contributed by atoms with Crippen LogP contribution in [0.25, 0.3) is 0 Å². The molecular formula is C62H121N2O6P. The molecule has 8 nitrogen and oxygen atoms in total. The summed E-state index contributed by atoms with van der Waals surface area (Å²) in [6.45, 7) is 4.66. The third-order valence-electron chi connectivity index (χ3n) is 14.1. The molecule has 3 unspecified atom stereocenters. The van der Waals surface area contributed by atoms with Gasteiger partial charge in [0.15, 0.2) is 0 Å². The number of nitrogens with one attached hydrogen (secondary N) is 1. The second kappa shape index (κ2) is 53.5. The van der Waals surface area contributed by atoms with E-state index >= 15 is 0 Å². The zero-order valence-corrected chi connectivity index (χ0v) is 48.8. The van der Waals surface area contributed by atoms with Crippen LogP contribution in [0.15, 0.2) is 36.5 Å². The Kier molecular flexibility index (Phi) is 52.6. The van der Waals surface area contributed by atoms with Gasteiger partial charge in [-0.05, 0) is 44.9 Å². The van der Waals surface area contributed by atoms with Gasteiger partial charge in [-0.2, -0.15) is 0 Å². The van der Waals surface area contributed by atoms with Gasteiger partial charge in [-0.15, -0.1) is 0 Å². The molecule has 0 fully saturated rings.